The molecule has 7 nitrogen and oxygen atoms in total. The quantitative estimate of drug-likeness (QED) is 0.328. The van der Waals surface area contributed by atoms with Gasteiger partial charge in [0.2, 0.25) is 5.91 Å². The average molecular weight is 543 g/mol. The fraction of sp³-hybridized carbons (Fsp3) is 0.696. The van der Waals surface area contributed by atoms with Crippen LogP contribution in [0.3, 0.4) is 0 Å². The second-order valence-electron chi connectivity index (χ2n) is 8.89. The third-order valence-electron chi connectivity index (χ3n) is 6.44. The molecule has 1 aromatic rings. The molecule has 1 saturated heterocycles. The van der Waals surface area contributed by atoms with Crippen molar-refractivity contribution in [3.05, 3.63) is 23.9 Å². The Hall–Kier alpha value is -1.58. The molecule has 2 aliphatic rings. The summed E-state index contributed by atoms with van der Waals surface area (Å²) in [5.74, 6) is 2.03. The van der Waals surface area contributed by atoms with Gasteiger partial charge < -0.3 is 20.4 Å². The first kappa shape index (κ1) is 25.7. The molecule has 2 fully saturated rings. The van der Waals surface area contributed by atoms with Crippen LogP contribution >= 0.6 is 24.0 Å². The van der Waals surface area contributed by atoms with Crippen molar-refractivity contribution in [3.8, 4) is 0 Å². The molecular weight excluding hydrogens is 503 g/mol. The molecule has 0 spiro atoms. The van der Waals surface area contributed by atoms with E-state index >= 15 is 0 Å². The van der Waals surface area contributed by atoms with Crippen LogP contribution in [0, 0.1) is 5.41 Å². The summed E-state index contributed by atoms with van der Waals surface area (Å²) in [5.41, 5.74) is 0.879. The SMILES string of the molecule is CN=C(NCc1ccnc(N2CCCCCC2)c1)NCC1(C(=O)N(C)C)CCCC1.I. The van der Waals surface area contributed by atoms with Crippen LogP contribution in [0.5, 0.6) is 0 Å². The number of anilines is 1. The first-order chi connectivity index (χ1) is 14.5. The number of rotatable bonds is 6. The molecule has 1 amide bonds. The van der Waals surface area contributed by atoms with Gasteiger partial charge in [-0.25, -0.2) is 4.98 Å². The summed E-state index contributed by atoms with van der Waals surface area (Å²) in [6.45, 7) is 3.49. The Morgan fingerprint density at radius 2 is 1.81 bits per heavy atom. The van der Waals surface area contributed by atoms with E-state index in [1.165, 1.54) is 31.2 Å². The zero-order chi connectivity index (χ0) is 21.4. The number of hydrogen-bond acceptors (Lipinski definition) is 4. The van der Waals surface area contributed by atoms with Crippen molar-refractivity contribution >= 4 is 41.7 Å². The zero-order valence-corrected chi connectivity index (χ0v) is 21.7. The van der Waals surface area contributed by atoms with Crippen LogP contribution in [-0.4, -0.2) is 62.5 Å². The molecule has 2 N–H and O–H groups in total. The lowest BCUT2D eigenvalue weighted by Gasteiger charge is -2.31. The number of pyridine rings is 1. The van der Waals surface area contributed by atoms with Crippen LogP contribution in [0.1, 0.15) is 56.9 Å². The van der Waals surface area contributed by atoms with Crippen molar-refractivity contribution < 1.29 is 4.79 Å². The number of amides is 1. The Morgan fingerprint density at radius 1 is 1.13 bits per heavy atom. The molecule has 0 unspecified atom stereocenters. The number of carbonyl (C=O) groups is 1. The van der Waals surface area contributed by atoms with Gasteiger partial charge in [0, 0.05) is 53.5 Å². The van der Waals surface area contributed by atoms with E-state index in [9.17, 15) is 4.79 Å². The molecule has 1 aromatic heterocycles. The zero-order valence-electron chi connectivity index (χ0n) is 19.3. The van der Waals surface area contributed by atoms with Crippen molar-refractivity contribution in [1.29, 1.82) is 0 Å². The predicted octanol–water partition coefficient (Wildman–Crippen LogP) is 3.39. The lowest BCUT2D eigenvalue weighted by atomic mass is 9.84. The van der Waals surface area contributed by atoms with Gasteiger partial charge in [-0.2, -0.15) is 0 Å². The summed E-state index contributed by atoms with van der Waals surface area (Å²) in [4.78, 5) is 25.9. The van der Waals surface area contributed by atoms with Crippen molar-refractivity contribution in [2.75, 3.05) is 45.7 Å². The minimum Gasteiger partial charge on any atom is -0.357 e. The highest BCUT2D eigenvalue weighted by Crippen LogP contribution is 2.38. The average Bonchev–Trinajstić information content (AvgIpc) is 3.07. The van der Waals surface area contributed by atoms with Gasteiger partial charge in [-0.1, -0.05) is 25.7 Å². The molecule has 8 heteroatoms. The summed E-state index contributed by atoms with van der Waals surface area (Å²) in [5, 5.41) is 6.82. The first-order valence-corrected chi connectivity index (χ1v) is 11.4. The molecule has 0 aromatic carbocycles. The number of halogens is 1. The molecule has 3 rings (SSSR count). The maximum atomic E-state index is 12.8. The molecule has 1 saturated carbocycles. The molecule has 0 radical (unpaired) electrons. The van der Waals surface area contributed by atoms with Crippen LogP contribution in [0.2, 0.25) is 0 Å². The van der Waals surface area contributed by atoms with Gasteiger partial charge >= 0.3 is 0 Å². The van der Waals surface area contributed by atoms with Gasteiger partial charge in [0.25, 0.3) is 0 Å². The van der Waals surface area contributed by atoms with E-state index in [4.69, 9.17) is 0 Å². The standard InChI is InChI=1S/C23H38N6O.HI/c1-24-22(27-18-23(11-6-7-12-23)21(30)28(2)3)26-17-19-10-13-25-20(16-19)29-14-8-4-5-9-15-29;/h10,13,16H,4-9,11-12,14-15,17-18H2,1-3H3,(H2,24,26,27);1H. The maximum absolute atomic E-state index is 12.8. The summed E-state index contributed by atoms with van der Waals surface area (Å²) in [6, 6.07) is 4.23. The minimum atomic E-state index is -0.308. The van der Waals surface area contributed by atoms with E-state index in [2.05, 4.69) is 37.6 Å². The normalized spacial score (nSPS) is 18.7. The monoisotopic (exact) mass is 542 g/mol. The first-order valence-electron chi connectivity index (χ1n) is 11.4. The van der Waals surface area contributed by atoms with Gasteiger partial charge in [0.15, 0.2) is 5.96 Å². The largest absolute Gasteiger partial charge is 0.357 e. The van der Waals surface area contributed by atoms with E-state index in [1.807, 2.05) is 20.3 Å². The molecule has 1 aliphatic heterocycles. The van der Waals surface area contributed by atoms with Crippen molar-refractivity contribution in [2.45, 2.75) is 57.9 Å². The van der Waals surface area contributed by atoms with Crippen LogP contribution in [-0.2, 0) is 11.3 Å². The van der Waals surface area contributed by atoms with Crippen LogP contribution in [0.25, 0.3) is 0 Å². The van der Waals surface area contributed by atoms with Crippen LogP contribution in [0.4, 0.5) is 5.82 Å². The second kappa shape index (κ2) is 12.5. The van der Waals surface area contributed by atoms with E-state index < -0.39 is 0 Å². The Kier molecular flexibility index (Phi) is 10.3. The van der Waals surface area contributed by atoms with Gasteiger partial charge in [0.1, 0.15) is 5.82 Å². The second-order valence-corrected chi connectivity index (χ2v) is 8.89. The Morgan fingerprint density at radius 3 is 2.42 bits per heavy atom. The highest BCUT2D eigenvalue weighted by Gasteiger charge is 2.42. The van der Waals surface area contributed by atoms with Crippen molar-refractivity contribution in [2.24, 2.45) is 10.4 Å². The molecule has 0 atom stereocenters. The molecule has 31 heavy (non-hydrogen) atoms. The third-order valence-corrected chi connectivity index (χ3v) is 6.44. The van der Waals surface area contributed by atoms with Gasteiger partial charge in [-0.05, 0) is 43.4 Å². The Bertz CT molecular complexity index is 725. The van der Waals surface area contributed by atoms with E-state index in [1.54, 1.807) is 11.9 Å². The van der Waals surface area contributed by atoms with E-state index in [0.29, 0.717) is 13.1 Å². The highest BCUT2D eigenvalue weighted by atomic mass is 127. The highest BCUT2D eigenvalue weighted by molar-refractivity contribution is 14.0. The van der Waals surface area contributed by atoms with E-state index in [0.717, 1.165) is 50.6 Å². The third kappa shape index (κ3) is 6.95. The number of aliphatic imine (C=N–C) groups is 1. The number of hydrogen-bond donors (Lipinski definition) is 2. The number of nitrogens with one attached hydrogen (secondary N) is 2. The van der Waals surface area contributed by atoms with E-state index in [-0.39, 0.29) is 35.3 Å². The smallest absolute Gasteiger partial charge is 0.230 e. The Labute approximate surface area is 204 Å². The maximum Gasteiger partial charge on any atom is 0.230 e. The molecule has 0 bridgehead atoms. The fourth-order valence-corrected chi connectivity index (χ4v) is 4.69. The summed E-state index contributed by atoms with van der Waals surface area (Å²) in [7, 11) is 5.47. The molecular formula is C23H39IN6O. The van der Waals surface area contributed by atoms with Crippen LogP contribution in [0.15, 0.2) is 23.3 Å². The molecule has 174 valence electrons. The summed E-state index contributed by atoms with van der Waals surface area (Å²) < 4.78 is 0. The number of guanidine groups is 1. The summed E-state index contributed by atoms with van der Waals surface area (Å²) in [6.07, 6.45) is 11.1. The van der Waals surface area contributed by atoms with Gasteiger partial charge in [-0.15, -0.1) is 24.0 Å². The summed E-state index contributed by atoms with van der Waals surface area (Å²) >= 11 is 0. The molecule has 1 aliphatic carbocycles. The van der Waals surface area contributed by atoms with Crippen molar-refractivity contribution in [3.63, 3.8) is 0 Å². The van der Waals surface area contributed by atoms with Crippen molar-refractivity contribution in [1.82, 2.24) is 20.5 Å². The number of nitrogens with zero attached hydrogens (tertiary/aromatic N) is 4. The number of carbonyl (C=O) groups excluding carboxylic acids is 1. The lowest BCUT2D eigenvalue weighted by Crippen LogP contribution is -2.49. The predicted molar refractivity (Wildman–Crippen MR) is 138 cm³/mol. The topological polar surface area (TPSA) is 72.9 Å². The van der Waals surface area contributed by atoms with Crippen LogP contribution < -0.4 is 15.5 Å². The van der Waals surface area contributed by atoms with Gasteiger partial charge in [0.05, 0.1) is 5.41 Å². The Balaban J connectivity index is 0.00000341. The van der Waals surface area contributed by atoms with Gasteiger partial charge in [-0.3, -0.25) is 9.79 Å². The lowest BCUT2D eigenvalue weighted by molar-refractivity contribution is -0.138. The minimum absolute atomic E-state index is 0. The molecule has 2 heterocycles. The number of aromatic nitrogens is 1. The fourth-order valence-electron chi connectivity index (χ4n) is 4.69.